The largest absolute Gasteiger partial charge is 0.547 e. The normalized spacial score (nSPS) is 51.6. The Morgan fingerprint density at radius 3 is 2.83 bits per heavy atom. The Kier molecular flexibility index (Phi) is 4.42. The zero-order valence-electron chi connectivity index (χ0n) is 17.9. The average Bonchev–Trinajstić information content (AvgIpc) is 3.15. The number of rotatable bonds is 3. The fourth-order valence-electron chi connectivity index (χ4n) is 7.85. The summed E-state index contributed by atoms with van der Waals surface area (Å²) >= 11 is 0. The summed E-state index contributed by atoms with van der Waals surface area (Å²) in [5.41, 5.74) is -1.57. The summed E-state index contributed by atoms with van der Waals surface area (Å²) in [5, 5.41) is 24.0. The van der Waals surface area contributed by atoms with Crippen LogP contribution in [0.15, 0.2) is 23.8 Å². The Labute approximate surface area is 177 Å². The number of carboxylic acid groups (broad SMARTS) is 1. The van der Waals surface area contributed by atoms with Gasteiger partial charge in [0.1, 0.15) is 5.60 Å². The molecule has 0 aromatic rings. The number of ether oxygens (including phenoxy) is 2. The van der Waals surface area contributed by atoms with Crippen molar-refractivity contribution >= 4 is 11.8 Å². The lowest BCUT2D eigenvalue weighted by atomic mass is 9.46. The van der Waals surface area contributed by atoms with E-state index in [-0.39, 0.29) is 29.0 Å². The van der Waals surface area contributed by atoms with Gasteiger partial charge in [-0.3, -0.25) is 4.79 Å². The van der Waals surface area contributed by atoms with E-state index < -0.39 is 35.5 Å². The van der Waals surface area contributed by atoms with Gasteiger partial charge < -0.3 is 24.5 Å². The molecule has 6 heteroatoms. The van der Waals surface area contributed by atoms with Crippen molar-refractivity contribution in [1.29, 1.82) is 0 Å². The average molecular weight is 416 g/mol. The predicted octanol–water partition coefficient (Wildman–Crippen LogP) is 1.91. The SMILES string of the molecule is CCC[C@@H]1O[C@H]2C[C@@H]3[C@@H]4CCC5=CC(=O)C=C[C@]5(C)[C@@H]4[C@H](O)C[C@]3(C)[C@]2(C(=O)[O-])O1. The first-order valence-electron chi connectivity index (χ1n) is 11.3. The van der Waals surface area contributed by atoms with Crippen molar-refractivity contribution in [3.63, 3.8) is 0 Å². The minimum Gasteiger partial charge on any atom is -0.547 e. The molecular formula is C24H31O6-. The van der Waals surface area contributed by atoms with Gasteiger partial charge in [-0.15, -0.1) is 0 Å². The molecule has 5 rings (SSSR count). The molecular weight excluding hydrogens is 384 g/mol. The molecule has 0 bridgehead atoms. The highest BCUT2D eigenvalue weighted by molar-refractivity contribution is 6.01. The van der Waals surface area contributed by atoms with Crippen LogP contribution in [0.3, 0.4) is 0 Å². The van der Waals surface area contributed by atoms with Crippen molar-refractivity contribution in [2.24, 2.45) is 28.6 Å². The molecule has 1 aliphatic heterocycles. The molecule has 6 nitrogen and oxygen atoms in total. The maximum Gasteiger partial charge on any atom is 0.178 e. The lowest BCUT2D eigenvalue weighted by Gasteiger charge is -2.60. The number of ketones is 1. The van der Waals surface area contributed by atoms with Crippen LogP contribution in [0, 0.1) is 28.6 Å². The molecule has 4 fully saturated rings. The van der Waals surface area contributed by atoms with E-state index in [1.165, 1.54) is 0 Å². The number of carbonyl (C=O) groups is 2. The monoisotopic (exact) mass is 415 g/mol. The third-order valence-electron chi connectivity index (χ3n) is 9.12. The molecule has 9 atom stereocenters. The maximum atomic E-state index is 12.6. The van der Waals surface area contributed by atoms with Crippen LogP contribution < -0.4 is 5.11 Å². The van der Waals surface area contributed by atoms with Gasteiger partial charge in [0.2, 0.25) is 0 Å². The summed E-state index contributed by atoms with van der Waals surface area (Å²) in [6.07, 6.45) is 7.57. The van der Waals surface area contributed by atoms with Gasteiger partial charge in [0.05, 0.1) is 18.2 Å². The first-order valence-corrected chi connectivity index (χ1v) is 11.3. The zero-order valence-corrected chi connectivity index (χ0v) is 17.9. The number of hydrogen-bond acceptors (Lipinski definition) is 6. The van der Waals surface area contributed by atoms with Crippen LogP contribution in [0.2, 0.25) is 0 Å². The van der Waals surface area contributed by atoms with Crippen LogP contribution in [-0.2, 0) is 19.1 Å². The maximum absolute atomic E-state index is 12.6. The van der Waals surface area contributed by atoms with E-state index >= 15 is 0 Å². The van der Waals surface area contributed by atoms with Gasteiger partial charge in [0.15, 0.2) is 12.1 Å². The third-order valence-corrected chi connectivity index (χ3v) is 9.12. The van der Waals surface area contributed by atoms with Gasteiger partial charge in [-0.1, -0.05) is 38.8 Å². The van der Waals surface area contributed by atoms with E-state index in [2.05, 4.69) is 6.92 Å². The first-order chi connectivity index (χ1) is 14.2. The number of carboxylic acids is 1. The first kappa shape index (κ1) is 20.4. The molecule has 1 N–H and O–H groups in total. The van der Waals surface area contributed by atoms with E-state index in [9.17, 15) is 19.8 Å². The highest BCUT2D eigenvalue weighted by atomic mass is 16.7. The number of aliphatic carboxylic acids is 1. The number of carbonyl (C=O) groups excluding carboxylic acids is 2. The highest BCUT2D eigenvalue weighted by Crippen LogP contribution is 2.69. The molecule has 0 aromatic heterocycles. The van der Waals surface area contributed by atoms with Crippen LogP contribution in [0.25, 0.3) is 0 Å². The fraction of sp³-hybridized carbons (Fsp3) is 0.750. The standard InChI is InChI=1S/C24H32O6/c1-4-5-19-29-18-11-16-15-7-6-13-10-14(25)8-9-22(13,2)20(15)17(26)12-23(16,3)24(18,30-19)21(27)28/h8-10,15-20,26H,4-7,11-12H2,1-3H3,(H,27,28)/p-1/t15-,16+,17+,18-,19+,20-,22-,23-,24-/m0/s1. The highest BCUT2D eigenvalue weighted by Gasteiger charge is 2.74. The third kappa shape index (κ3) is 2.36. The lowest BCUT2D eigenvalue weighted by Crippen LogP contribution is -2.66. The van der Waals surface area contributed by atoms with Gasteiger partial charge in [0, 0.05) is 16.7 Å². The number of hydrogen-bond donors (Lipinski definition) is 1. The summed E-state index contributed by atoms with van der Waals surface area (Å²) in [6.45, 7) is 6.08. The summed E-state index contributed by atoms with van der Waals surface area (Å²) < 4.78 is 12.3. The van der Waals surface area contributed by atoms with Crippen LogP contribution >= 0.6 is 0 Å². The Balaban J connectivity index is 1.55. The fourth-order valence-corrected chi connectivity index (χ4v) is 7.85. The number of aliphatic hydroxyl groups is 1. The van der Waals surface area contributed by atoms with E-state index in [0.29, 0.717) is 19.3 Å². The van der Waals surface area contributed by atoms with Crippen molar-refractivity contribution in [3.8, 4) is 0 Å². The summed E-state index contributed by atoms with van der Waals surface area (Å²) in [4.78, 5) is 24.5. The zero-order chi connectivity index (χ0) is 21.5. The summed E-state index contributed by atoms with van der Waals surface area (Å²) in [6, 6.07) is 0. The number of aliphatic hydroxyl groups excluding tert-OH is 1. The van der Waals surface area contributed by atoms with Crippen molar-refractivity contribution in [1.82, 2.24) is 0 Å². The molecule has 164 valence electrons. The molecule has 0 aromatic carbocycles. The van der Waals surface area contributed by atoms with Gasteiger partial charge in [0.25, 0.3) is 0 Å². The van der Waals surface area contributed by atoms with Gasteiger partial charge in [-0.2, -0.15) is 0 Å². The Morgan fingerprint density at radius 2 is 2.13 bits per heavy atom. The molecule has 3 saturated carbocycles. The second kappa shape index (κ2) is 6.50. The molecule has 5 aliphatic rings. The second-order valence-electron chi connectivity index (χ2n) is 10.4. The smallest absolute Gasteiger partial charge is 0.178 e. The number of fused-ring (bicyclic) bond motifs is 7. The molecule has 0 spiro atoms. The summed E-state index contributed by atoms with van der Waals surface area (Å²) in [5.74, 6) is -1.07. The molecule has 4 aliphatic carbocycles. The van der Waals surface area contributed by atoms with Gasteiger partial charge in [-0.05, 0) is 56.1 Å². The Bertz CT molecular complexity index is 847. The van der Waals surface area contributed by atoms with Crippen molar-refractivity contribution in [2.45, 2.75) is 83.4 Å². The summed E-state index contributed by atoms with van der Waals surface area (Å²) in [7, 11) is 0. The van der Waals surface area contributed by atoms with Crippen LogP contribution in [0.4, 0.5) is 0 Å². The van der Waals surface area contributed by atoms with Crippen molar-refractivity contribution in [3.05, 3.63) is 23.8 Å². The quantitative estimate of drug-likeness (QED) is 0.756. The second-order valence-corrected chi connectivity index (χ2v) is 10.4. The predicted molar refractivity (Wildman–Crippen MR) is 106 cm³/mol. The topological polar surface area (TPSA) is 95.9 Å². The van der Waals surface area contributed by atoms with E-state index in [1.54, 1.807) is 12.2 Å². The van der Waals surface area contributed by atoms with Crippen LogP contribution in [0.5, 0.6) is 0 Å². The lowest BCUT2D eigenvalue weighted by molar-refractivity contribution is -0.337. The van der Waals surface area contributed by atoms with Gasteiger partial charge in [-0.25, -0.2) is 0 Å². The van der Waals surface area contributed by atoms with E-state index in [0.717, 1.165) is 24.8 Å². The number of allylic oxidation sites excluding steroid dienone is 4. The van der Waals surface area contributed by atoms with Crippen molar-refractivity contribution < 1.29 is 29.3 Å². The van der Waals surface area contributed by atoms with E-state index in [4.69, 9.17) is 9.47 Å². The molecule has 1 heterocycles. The van der Waals surface area contributed by atoms with Crippen LogP contribution in [-0.4, -0.2) is 41.0 Å². The van der Waals surface area contributed by atoms with Crippen molar-refractivity contribution in [2.75, 3.05) is 0 Å². The Hall–Kier alpha value is -1.50. The van der Waals surface area contributed by atoms with E-state index in [1.807, 2.05) is 19.9 Å². The molecule has 0 amide bonds. The van der Waals surface area contributed by atoms with Crippen LogP contribution in [0.1, 0.15) is 59.3 Å². The Morgan fingerprint density at radius 1 is 1.37 bits per heavy atom. The molecule has 30 heavy (non-hydrogen) atoms. The molecule has 1 saturated heterocycles. The van der Waals surface area contributed by atoms with Gasteiger partial charge >= 0.3 is 0 Å². The molecule has 0 radical (unpaired) electrons. The molecule has 0 unspecified atom stereocenters. The minimum absolute atomic E-state index is 0.00568. The minimum atomic E-state index is -1.52.